The molecule has 1 aromatic heterocycles. The molecule has 1 fully saturated rings. The van der Waals surface area contributed by atoms with E-state index in [0.29, 0.717) is 12.2 Å². The number of aromatic nitrogens is 1. The van der Waals surface area contributed by atoms with Crippen LogP contribution in [0.4, 0.5) is 0 Å². The van der Waals surface area contributed by atoms with Crippen molar-refractivity contribution in [2.45, 2.75) is 45.8 Å². The number of hydrogen-bond acceptors (Lipinski definition) is 5. The fourth-order valence-corrected chi connectivity index (χ4v) is 5.03. The Morgan fingerprint density at radius 3 is 2.60 bits per heavy atom. The predicted molar refractivity (Wildman–Crippen MR) is 137 cm³/mol. The van der Waals surface area contributed by atoms with Crippen molar-refractivity contribution in [3.8, 4) is 11.8 Å². The molecule has 35 heavy (non-hydrogen) atoms. The summed E-state index contributed by atoms with van der Waals surface area (Å²) in [6.07, 6.45) is 4.56. The van der Waals surface area contributed by atoms with Crippen LogP contribution in [0.2, 0.25) is 0 Å². The lowest BCUT2D eigenvalue weighted by Crippen LogP contribution is -2.33. The highest BCUT2D eigenvalue weighted by Crippen LogP contribution is 2.32. The van der Waals surface area contributed by atoms with Crippen molar-refractivity contribution < 1.29 is 9.26 Å². The van der Waals surface area contributed by atoms with Gasteiger partial charge >= 0.3 is 0 Å². The molecule has 1 saturated heterocycles. The quantitative estimate of drug-likeness (QED) is 0.300. The Bertz CT molecular complexity index is 1310. The van der Waals surface area contributed by atoms with E-state index in [4.69, 9.17) is 9.26 Å². The number of hydrogen-bond donors (Lipinski definition) is 0. The molecule has 3 aromatic carbocycles. The monoisotopic (exact) mass is 465 g/mol. The first kappa shape index (κ1) is 23.1. The molecule has 178 valence electrons. The molecule has 2 heterocycles. The maximum absolute atomic E-state index is 9.30. The van der Waals surface area contributed by atoms with E-state index in [1.807, 2.05) is 37.3 Å². The summed E-state index contributed by atoms with van der Waals surface area (Å²) < 4.78 is 11.8. The summed E-state index contributed by atoms with van der Waals surface area (Å²) in [5.74, 6) is 1.50. The molecule has 0 N–H and O–H groups in total. The number of fused-ring (bicyclic) bond motifs is 1. The molecule has 0 amide bonds. The topological polar surface area (TPSA) is 62.3 Å². The predicted octanol–water partition coefficient (Wildman–Crippen LogP) is 6.43. The van der Waals surface area contributed by atoms with Crippen LogP contribution in [0.5, 0.6) is 5.75 Å². The summed E-state index contributed by atoms with van der Waals surface area (Å²) >= 11 is 0. The molecule has 5 rings (SSSR count). The van der Waals surface area contributed by atoms with Gasteiger partial charge in [-0.1, -0.05) is 53.7 Å². The Hall–Kier alpha value is -3.62. The molecule has 5 heteroatoms. The molecular weight excluding hydrogens is 434 g/mol. The number of benzene rings is 3. The third kappa shape index (κ3) is 5.39. The van der Waals surface area contributed by atoms with Gasteiger partial charge in [0.25, 0.3) is 0 Å². The van der Waals surface area contributed by atoms with Crippen LogP contribution < -0.4 is 4.74 Å². The molecule has 5 nitrogen and oxygen atoms in total. The van der Waals surface area contributed by atoms with Crippen LogP contribution in [0, 0.1) is 24.2 Å². The summed E-state index contributed by atoms with van der Waals surface area (Å²) in [5.41, 5.74) is 5.69. The zero-order chi connectivity index (χ0) is 24.0. The van der Waals surface area contributed by atoms with E-state index in [9.17, 15) is 5.26 Å². The normalized spacial score (nSPS) is 14.7. The van der Waals surface area contributed by atoms with Gasteiger partial charge in [-0.3, -0.25) is 4.90 Å². The zero-order valence-electron chi connectivity index (χ0n) is 20.2. The fraction of sp³-hybridized carbons (Fsp3) is 0.333. The Kier molecular flexibility index (Phi) is 7.11. The highest BCUT2D eigenvalue weighted by molar-refractivity contribution is 5.84. The molecule has 0 spiro atoms. The third-order valence-corrected chi connectivity index (χ3v) is 7.18. The number of rotatable bonds is 8. The number of aryl methyl sites for hydroxylation is 2. The van der Waals surface area contributed by atoms with Crippen molar-refractivity contribution in [3.63, 3.8) is 0 Å². The largest absolute Gasteiger partial charge is 0.488 e. The second kappa shape index (κ2) is 10.8. The van der Waals surface area contributed by atoms with Crippen LogP contribution in [-0.2, 0) is 19.6 Å². The lowest BCUT2D eigenvalue weighted by molar-refractivity contribution is 0.172. The molecule has 4 aromatic rings. The zero-order valence-corrected chi connectivity index (χ0v) is 20.2. The maximum Gasteiger partial charge on any atom is 0.173 e. The van der Waals surface area contributed by atoms with Gasteiger partial charge in [0.05, 0.1) is 17.3 Å². The van der Waals surface area contributed by atoms with E-state index in [-0.39, 0.29) is 0 Å². The second-order valence-electron chi connectivity index (χ2n) is 9.50. The summed E-state index contributed by atoms with van der Waals surface area (Å²) in [6.45, 7) is 5.72. The van der Waals surface area contributed by atoms with Crippen LogP contribution in [0.1, 0.15) is 47.2 Å². The standard InChI is InChI=1S/C30H31N3O2/c1-22-29(34-21-26-10-6-5-9-25(26)19-31)14-12-27-28(32-35-30(22)27)13-11-23-15-17-33(18-16-23)20-24-7-3-2-4-8-24/h2-10,12,14,23H,11,13,15-18,20-21H2,1H3. The highest BCUT2D eigenvalue weighted by atomic mass is 16.5. The first-order valence-electron chi connectivity index (χ1n) is 12.5. The van der Waals surface area contributed by atoms with E-state index >= 15 is 0 Å². The van der Waals surface area contributed by atoms with Crippen LogP contribution in [0.15, 0.2) is 71.3 Å². The molecule has 1 aliphatic heterocycles. The van der Waals surface area contributed by atoms with Gasteiger partial charge in [-0.25, -0.2) is 0 Å². The van der Waals surface area contributed by atoms with Crippen molar-refractivity contribution in [3.05, 3.63) is 94.7 Å². The van der Waals surface area contributed by atoms with Crippen LogP contribution in [0.3, 0.4) is 0 Å². The number of nitrogens with zero attached hydrogens (tertiary/aromatic N) is 3. The van der Waals surface area contributed by atoms with Gasteiger partial charge < -0.3 is 9.26 Å². The molecule has 0 atom stereocenters. The van der Waals surface area contributed by atoms with E-state index < -0.39 is 0 Å². The summed E-state index contributed by atoms with van der Waals surface area (Å²) in [4.78, 5) is 2.57. The molecule has 0 bridgehead atoms. The van der Waals surface area contributed by atoms with Crippen molar-refractivity contribution in [2.24, 2.45) is 5.92 Å². The molecule has 0 aliphatic carbocycles. The Morgan fingerprint density at radius 1 is 1.03 bits per heavy atom. The second-order valence-corrected chi connectivity index (χ2v) is 9.50. The SMILES string of the molecule is Cc1c(OCc2ccccc2C#N)ccc2c(CCC3CCN(Cc4ccccc4)CC3)noc12. The number of likely N-dealkylation sites (tertiary alicyclic amines) is 1. The Labute approximate surface area is 206 Å². The average Bonchev–Trinajstić information content (AvgIpc) is 3.32. The summed E-state index contributed by atoms with van der Waals surface area (Å²) in [6, 6.07) is 24.5. The Morgan fingerprint density at radius 2 is 1.80 bits per heavy atom. The molecule has 0 unspecified atom stereocenters. The minimum Gasteiger partial charge on any atom is -0.488 e. The number of ether oxygens (including phenoxy) is 1. The smallest absolute Gasteiger partial charge is 0.173 e. The van der Waals surface area contributed by atoms with E-state index in [0.717, 1.165) is 71.9 Å². The van der Waals surface area contributed by atoms with Crippen molar-refractivity contribution in [2.75, 3.05) is 13.1 Å². The van der Waals surface area contributed by atoms with Crippen LogP contribution in [0.25, 0.3) is 11.0 Å². The number of piperidine rings is 1. The highest BCUT2D eigenvalue weighted by Gasteiger charge is 2.21. The molecule has 0 saturated carbocycles. The third-order valence-electron chi connectivity index (χ3n) is 7.18. The lowest BCUT2D eigenvalue weighted by Gasteiger charge is -2.31. The maximum atomic E-state index is 9.30. The fourth-order valence-electron chi connectivity index (χ4n) is 5.03. The van der Waals surface area contributed by atoms with E-state index in [2.05, 4.69) is 52.5 Å². The van der Waals surface area contributed by atoms with Gasteiger partial charge in [-0.2, -0.15) is 5.26 Å². The van der Waals surface area contributed by atoms with Gasteiger partial charge in [-0.05, 0) is 75.4 Å². The van der Waals surface area contributed by atoms with Crippen LogP contribution in [-0.4, -0.2) is 23.1 Å². The van der Waals surface area contributed by atoms with Crippen LogP contribution >= 0.6 is 0 Å². The summed E-state index contributed by atoms with van der Waals surface area (Å²) in [7, 11) is 0. The lowest BCUT2D eigenvalue weighted by atomic mass is 9.91. The van der Waals surface area contributed by atoms with E-state index in [1.54, 1.807) is 0 Å². The number of nitriles is 1. The van der Waals surface area contributed by atoms with Crippen molar-refractivity contribution in [1.29, 1.82) is 5.26 Å². The minimum atomic E-state index is 0.347. The first-order chi connectivity index (χ1) is 17.2. The van der Waals surface area contributed by atoms with Crippen molar-refractivity contribution in [1.82, 2.24) is 10.1 Å². The van der Waals surface area contributed by atoms with Gasteiger partial charge in [0, 0.05) is 23.1 Å². The van der Waals surface area contributed by atoms with Gasteiger partial charge in [0.2, 0.25) is 0 Å². The molecule has 0 radical (unpaired) electrons. The average molecular weight is 466 g/mol. The Balaban J connectivity index is 1.17. The molecular formula is C30H31N3O2. The molecule has 1 aliphatic rings. The van der Waals surface area contributed by atoms with Crippen molar-refractivity contribution >= 4 is 11.0 Å². The van der Waals surface area contributed by atoms with Gasteiger partial charge in [0.15, 0.2) is 5.58 Å². The minimum absolute atomic E-state index is 0.347. The van der Waals surface area contributed by atoms with Gasteiger partial charge in [-0.15, -0.1) is 0 Å². The first-order valence-corrected chi connectivity index (χ1v) is 12.5. The van der Waals surface area contributed by atoms with E-state index in [1.165, 1.54) is 18.4 Å². The summed E-state index contributed by atoms with van der Waals surface area (Å²) in [5, 5.41) is 14.8. The van der Waals surface area contributed by atoms with Gasteiger partial charge in [0.1, 0.15) is 12.4 Å².